The van der Waals surface area contributed by atoms with Gasteiger partial charge in [0, 0.05) is 46.7 Å². The van der Waals surface area contributed by atoms with E-state index in [0.717, 1.165) is 63.6 Å². The molecule has 8 nitrogen and oxygen atoms in total. The molecule has 2 aromatic carbocycles. The Morgan fingerprint density at radius 2 is 1.75 bits per heavy atom. The zero-order valence-electron chi connectivity index (χ0n) is 22.8. The second-order valence-electron chi connectivity index (χ2n) is 10.1. The molecule has 8 heteroatoms. The van der Waals surface area contributed by atoms with Gasteiger partial charge in [-0.15, -0.1) is 0 Å². The summed E-state index contributed by atoms with van der Waals surface area (Å²) in [5, 5.41) is 19.2. The first-order chi connectivity index (χ1) is 19.4. The van der Waals surface area contributed by atoms with Crippen LogP contribution in [0.5, 0.6) is 11.5 Å². The minimum atomic E-state index is -0.349. The molecular weight excluding hydrogens is 504 g/mol. The fourth-order valence-corrected chi connectivity index (χ4v) is 5.77. The molecule has 0 atom stereocenters. The Labute approximate surface area is 232 Å². The van der Waals surface area contributed by atoms with Crippen LogP contribution in [0.15, 0.2) is 48.5 Å². The molecule has 0 saturated heterocycles. The van der Waals surface area contributed by atoms with Gasteiger partial charge in [0.2, 0.25) is 0 Å². The van der Waals surface area contributed by atoms with Crippen molar-refractivity contribution >= 4 is 5.97 Å². The van der Waals surface area contributed by atoms with Crippen LogP contribution in [0, 0.1) is 30.6 Å². The van der Waals surface area contributed by atoms with E-state index < -0.39 is 0 Å². The van der Waals surface area contributed by atoms with E-state index in [1.807, 2.05) is 42.7 Å². The van der Waals surface area contributed by atoms with Crippen molar-refractivity contribution in [1.82, 2.24) is 9.13 Å². The van der Waals surface area contributed by atoms with Crippen LogP contribution in [0.25, 0.3) is 28.1 Å². The number of carbonyl (C=O) groups is 1. The zero-order chi connectivity index (χ0) is 28.0. The van der Waals surface area contributed by atoms with Crippen LogP contribution in [-0.2, 0) is 17.7 Å². The molecule has 2 aromatic heterocycles. The smallest absolute Gasteiger partial charge is 0.338 e. The minimum Gasteiger partial charge on any atom is -0.490 e. The van der Waals surface area contributed by atoms with Crippen LogP contribution < -0.4 is 15.0 Å². The number of benzene rings is 2. The predicted molar refractivity (Wildman–Crippen MR) is 150 cm³/mol. The summed E-state index contributed by atoms with van der Waals surface area (Å²) in [4.78, 5) is 12.1. The fraction of sp³-hybridized carbons (Fsp3) is 0.281. The summed E-state index contributed by atoms with van der Waals surface area (Å²) >= 11 is 0. The molecule has 2 aliphatic rings. The minimum absolute atomic E-state index is 0.205. The molecule has 1 N–H and O–H groups in total. The molecule has 4 heterocycles. The number of esters is 1. The first kappa shape index (κ1) is 25.5. The predicted octanol–water partition coefficient (Wildman–Crippen LogP) is 5.47. The first-order valence-corrected chi connectivity index (χ1v) is 13.5. The second kappa shape index (κ2) is 10.1. The number of aryl methyl sites for hydroxylation is 2. The summed E-state index contributed by atoms with van der Waals surface area (Å²) < 4.78 is 21.0. The number of fused-ring (bicyclic) bond motifs is 4. The summed E-state index contributed by atoms with van der Waals surface area (Å²) in [7, 11) is 0. The Bertz CT molecular complexity index is 1760. The highest BCUT2D eigenvalue weighted by Gasteiger charge is 2.25. The maximum Gasteiger partial charge on any atom is 0.338 e. The van der Waals surface area contributed by atoms with E-state index in [1.165, 1.54) is 0 Å². The third-order valence-corrected chi connectivity index (χ3v) is 7.67. The molecular formula is C32H30N4O4. The number of nitrogens with zero attached hydrogens (tertiary/aromatic N) is 3. The molecule has 40 heavy (non-hydrogen) atoms. The standard InChI is InChI=1S/C32H30N4O4/c1-4-38-32(37)21-6-8-23(9-7-21)36-19(2)14-24(20(36)3)26-16-28-25-17-30-29(39-12-5-13-40-30)15-22(25)10-11-35(28)31(34)27(26)18-33/h6-9,14-17,34H,4-5,10-13H2,1-3H3. The van der Waals surface area contributed by atoms with Gasteiger partial charge in [-0.25, -0.2) is 4.79 Å². The number of aromatic nitrogens is 2. The molecule has 0 unspecified atom stereocenters. The Kier molecular flexibility index (Phi) is 6.43. The van der Waals surface area contributed by atoms with Crippen molar-refractivity contribution < 1.29 is 19.0 Å². The van der Waals surface area contributed by atoms with Crippen LogP contribution in [-0.4, -0.2) is 34.9 Å². The van der Waals surface area contributed by atoms with Gasteiger partial charge >= 0.3 is 5.97 Å². The fourth-order valence-electron chi connectivity index (χ4n) is 5.77. The van der Waals surface area contributed by atoms with Gasteiger partial charge < -0.3 is 23.3 Å². The Hall–Kier alpha value is -4.77. The summed E-state index contributed by atoms with van der Waals surface area (Å²) in [6.07, 6.45) is 1.58. The maximum absolute atomic E-state index is 12.1. The van der Waals surface area contributed by atoms with Crippen LogP contribution >= 0.6 is 0 Å². The molecule has 2 aliphatic heterocycles. The van der Waals surface area contributed by atoms with Crippen molar-refractivity contribution in [3.8, 4) is 45.6 Å². The number of hydrogen-bond acceptors (Lipinski definition) is 6. The van der Waals surface area contributed by atoms with Gasteiger partial charge in [-0.3, -0.25) is 5.41 Å². The van der Waals surface area contributed by atoms with Gasteiger partial charge in [0.25, 0.3) is 0 Å². The molecule has 0 aliphatic carbocycles. The van der Waals surface area contributed by atoms with E-state index in [9.17, 15) is 10.1 Å². The number of nitriles is 1. The van der Waals surface area contributed by atoms with Gasteiger partial charge in [0.1, 0.15) is 17.1 Å². The average Bonchev–Trinajstić information content (AvgIpc) is 3.10. The highest BCUT2D eigenvalue weighted by atomic mass is 16.5. The quantitative estimate of drug-likeness (QED) is 0.350. The van der Waals surface area contributed by atoms with Crippen molar-refractivity contribution in [3.05, 3.63) is 82.1 Å². The molecule has 0 fully saturated rings. The molecule has 0 amide bonds. The highest BCUT2D eigenvalue weighted by molar-refractivity contribution is 5.89. The summed E-state index contributed by atoms with van der Waals surface area (Å²) in [5.41, 5.74) is 8.52. The Balaban J connectivity index is 1.48. The average molecular weight is 535 g/mol. The van der Waals surface area contributed by atoms with Gasteiger partial charge in [-0.2, -0.15) is 5.26 Å². The monoisotopic (exact) mass is 534 g/mol. The van der Waals surface area contributed by atoms with Crippen LogP contribution in [0.2, 0.25) is 0 Å². The number of carbonyl (C=O) groups excluding carboxylic acids is 1. The van der Waals surface area contributed by atoms with E-state index >= 15 is 0 Å². The van der Waals surface area contributed by atoms with Gasteiger partial charge in [-0.1, -0.05) is 0 Å². The van der Waals surface area contributed by atoms with Crippen LogP contribution in [0.1, 0.15) is 46.2 Å². The third-order valence-electron chi connectivity index (χ3n) is 7.67. The zero-order valence-corrected chi connectivity index (χ0v) is 22.8. The van der Waals surface area contributed by atoms with Crippen LogP contribution in [0.4, 0.5) is 0 Å². The van der Waals surface area contributed by atoms with E-state index in [-0.39, 0.29) is 11.5 Å². The lowest BCUT2D eigenvalue weighted by Gasteiger charge is -2.25. The van der Waals surface area contributed by atoms with Crippen molar-refractivity contribution in [3.63, 3.8) is 0 Å². The molecule has 202 valence electrons. The van der Waals surface area contributed by atoms with E-state index in [1.54, 1.807) is 19.1 Å². The van der Waals surface area contributed by atoms with E-state index in [4.69, 9.17) is 19.6 Å². The first-order valence-electron chi connectivity index (χ1n) is 13.5. The molecule has 0 radical (unpaired) electrons. The van der Waals surface area contributed by atoms with E-state index in [0.29, 0.717) is 43.2 Å². The number of hydrogen-bond donors (Lipinski definition) is 1. The number of rotatable bonds is 4. The SMILES string of the molecule is CCOC(=O)c1ccc(-n2c(C)cc(-c3cc4n(c(=N)c3C#N)CCc3cc5c(cc3-4)OCCCO5)c2C)cc1. The molecule has 4 aromatic rings. The summed E-state index contributed by atoms with van der Waals surface area (Å²) in [6.45, 7) is 7.97. The second-order valence-corrected chi connectivity index (χ2v) is 10.1. The largest absolute Gasteiger partial charge is 0.490 e. The van der Waals surface area contributed by atoms with Crippen LogP contribution in [0.3, 0.4) is 0 Å². The lowest BCUT2D eigenvalue weighted by atomic mass is 9.92. The van der Waals surface area contributed by atoms with Gasteiger partial charge in [-0.05, 0) is 81.3 Å². The molecule has 6 rings (SSSR count). The van der Waals surface area contributed by atoms with Gasteiger partial charge in [0.05, 0.1) is 31.1 Å². The maximum atomic E-state index is 12.1. The van der Waals surface area contributed by atoms with Crippen molar-refractivity contribution in [2.24, 2.45) is 0 Å². The third kappa shape index (κ3) is 4.15. The highest BCUT2D eigenvalue weighted by Crippen LogP contribution is 2.41. The molecule has 0 spiro atoms. The Morgan fingerprint density at radius 1 is 1.02 bits per heavy atom. The van der Waals surface area contributed by atoms with Gasteiger partial charge in [0.15, 0.2) is 11.5 Å². The topological polar surface area (TPSA) is 102 Å². The normalized spacial score (nSPS) is 13.6. The number of ether oxygens (including phenoxy) is 3. The Morgan fingerprint density at radius 3 is 2.45 bits per heavy atom. The van der Waals surface area contributed by atoms with Crippen molar-refractivity contribution in [1.29, 1.82) is 10.7 Å². The summed E-state index contributed by atoms with van der Waals surface area (Å²) in [5.74, 6) is 1.13. The van der Waals surface area contributed by atoms with E-state index in [2.05, 4.69) is 22.8 Å². The molecule has 0 bridgehead atoms. The summed E-state index contributed by atoms with van der Waals surface area (Å²) in [6, 6.07) is 17.8. The number of nitrogens with one attached hydrogen (secondary N) is 1. The lowest BCUT2D eigenvalue weighted by molar-refractivity contribution is 0.0526. The lowest BCUT2D eigenvalue weighted by Crippen LogP contribution is -2.29. The number of pyridine rings is 1. The van der Waals surface area contributed by atoms with Crippen molar-refractivity contribution in [2.75, 3.05) is 19.8 Å². The van der Waals surface area contributed by atoms with Crippen molar-refractivity contribution in [2.45, 2.75) is 40.2 Å². The molecule has 0 saturated carbocycles.